The molecule has 4 nitrogen and oxygen atoms in total. The van der Waals surface area contributed by atoms with Gasteiger partial charge >= 0.3 is 6.03 Å². The summed E-state index contributed by atoms with van der Waals surface area (Å²) in [6.07, 6.45) is 1.52. The van der Waals surface area contributed by atoms with E-state index in [9.17, 15) is 4.79 Å². The maximum absolute atomic E-state index is 10.1. The molecule has 0 rings (SSSR count). The maximum Gasteiger partial charge on any atom is 0.338 e. The first-order chi connectivity index (χ1) is 4.66. The molecule has 0 spiro atoms. The number of rotatable bonds is 2. The van der Waals surface area contributed by atoms with Crippen LogP contribution in [0.2, 0.25) is 0 Å². The highest BCUT2D eigenvalue weighted by atomic mass is 16.2. The summed E-state index contributed by atoms with van der Waals surface area (Å²) in [6.45, 7) is 4.25. The Balaban J connectivity index is 3.94. The van der Waals surface area contributed by atoms with Gasteiger partial charge < -0.3 is 5.73 Å². The summed E-state index contributed by atoms with van der Waals surface area (Å²) in [5, 5.41) is 0. The van der Waals surface area contributed by atoms with Crippen molar-refractivity contribution in [2.75, 3.05) is 6.54 Å². The SMILES string of the molecule is CCN=CC(C)=NC(N)=O. The number of urea groups is 1. The van der Waals surface area contributed by atoms with Crippen LogP contribution in [0.1, 0.15) is 13.8 Å². The van der Waals surface area contributed by atoms with Crippen molar-refractivity contribution in [2.45, 2.75) is 13.8 Å². The van der Waals surface area contributed by atoms with E-state index < -0.39 is 6.03 Å². The van der Waals surface area contributed by atoms with E-state index in [1.54, 1.807) is 6.92 Å². The summed E-state index contributed by atoms with van der Waals surface area (Å²) in [4.78, 5) is 17.4. The Kier molecular flexibility index (Phi) is 4.11. The van der Waals surface area contributed by atoms with Gasteiger partial charge in [0.2, 0.25) is 0 Å². The summed E-state index contributed by atoms with van der Waals surface area (Å²) < 4.78 is 0. The van der Waals surface area contributed by atoms with E-state index in [1.807, 2.05) is 6.92 Å². The zero-order valence-corrected chi connectivity index (χ0v) is 6.16. The van der Waals surface area contributed by atoms with Crippen LogP contribution < -0.4 is 5.73 Å². The van der Waals surface area contributed by atoms with Crippen molar-refractivity contribution >= 4 is 18.0 Å². The van der Waals surface area contributed by atoms with Gasteiger partial charge in [-0.05, 0) is 13.8 Å². The number of primary amides is 1. The van der Waals surface area contributed by atoms with Gasteiger partial charge in [0.05, 0.1) is 5.71 Å². The Labute approximate surface area is 59.9 Å². The first-order valence-electron chi connectivity index (χ1n) is 3.01. The van der Waals surface area contributed by atoms with Gasteiger partial charge in [-0.2, -0.15) is 4.99 Å². The van der Waals surface area contributed by atoms with E-state index in [2.05, 4.69) is 9.98 Å². The lowest BCUT2D eigenvalue weighted by atomic mass is 10.5. The molecule has 0 aromatic carbocycles. The van der Waals surface area contributed by atoms with E-state index in [0.717, 1.165) is 0 Å². The molecule has 0 aliphatic rings. The Morgan fingerprint density at radius 1 is 1.70 bits per heavy atom. The van der Waals surface area contributed by atoms with Gasteiger partial charge in [0.1, 0.15) is 0 Å². The average Bonchev–Trinajstić information content (AvgIpc) is 1.82. The highest BCUT2D eigenvalue weighted by Crippen LogP contribution is 1.74. The molecular formula is C6H11N3O. The van der Waals surface area contributed by atoms with Crippen LogP contribution >= 0.6 is 0 Å². The van der Waals surface area contributed by atoms with E-state index in [1.165, 1.54) is 6.21 Å². The standard InChI is InChI=1S/C6H11N3O/c1-3-8-4-5(2)9-6(7)10/h4H,3H2,1-2H3,(H2,7,10). The minimum Gasteiger partial charge on any atom is -0.350 e. The molecule has 0 aromatic rings. The minimum atomic E-state index is -0.681. The van der Waals surface area contributed by atoms with Crippen molar-refractivity contribution in [1.29, 1.82) is 0 Å². The van der Waals surface area contributed by atoms with Gasteiger partial charge in [0.15, 0.2) is 0 Å². The molecule has 0 fully saturated rings. The van der Waals surface area contributed by atoms with Crippen molar-refractivity contribution in [1.82, 2.24) is 0 Å². The first-order valence-corrected chi connectivity index (χ1v) is 3.01. The van der Waals surface area contributed by atoms with Crippen molar-refractivity contribution in [3.63, 3.8) is 0 Å². The van der Waals surface area contributed by atoms with Crippen LogP contribution in [0.15, 0.2) is 9.98 Å². The number of carbonyl (C=O) groups excluding carboxylic acids is 1. The van der Waals surface area contributed by atoms with Crippen molar-refractivity contribution < 1.29 is 4.79 Å². The molecule has 56 valence electrons. The second-order valence-electron chi connectivity index (χ2n) is 1.72. The van der Waals surface area contributed by atoms with Gasteiger partial charge in [-0.3, -0.25) is 4.99 Å². The Hall–Kier alpha value is -1.19. The molecule has 10 heavy (non-hydrogen) atoms. The normalized spacial score (nSPS) is 12.4. The fraction of sp³-hybridized carbons (Fsp3) is 0.500. The van der Waals surface area contributed by atoms with E-state index >= 15 is 0 Å². The highest BCUT2D eigenvalue weighted by molar-refractivity contribution is 6.31. The summed E-state index contributed by atoms with van der Waals surface area (Å²) in [5.74, 6) is 0. The van der Waals surface area contributed by atoms with Crippen LogP contribution in [0.4, 0.5) is 4.79 Å². The van der Waals surface area contributed by atoms with E-state index in [0.29, 0.717) is 12.3 Å². The Morgan fingerprint density at radius 2 is 2.30 bits per heavy atom. The molecule has 0 heterocycles. The number of hydrogen-bond acceptors (Lipinski definition) is 2. The third-order valence-corrected chi connectivity index (χ3v) is 0.747. The molecule has 0 bridgehead atoms. The average molecular weight is 141 g/mol. The lowest BCUT2D eigenvalue weighted by molar-refractivity contribution is 0.257. The zero-order valence-electron chi connectivity index (χ0n) is 6.16. The second-order valence-corrected chi connectivity index (χ2v) is 1.72. The topological polar surface area (TPSA) is 67.8 Å². The minimum absolute atomic E-state index is 0.536. The molecule has 4 heteroatoms. The molecule has 2 amide bonds. The molecule has 0 atom stereocenters. The number of carbonyl (C=O) groups is 1. The van der Waals surface area contributed by atoms with Gasteiger partial charge in [-0.1, -0.05) is 0 Å². The van der Waals surface area contributed by atoms with E-state index in [-0.39, 0.29) is 0 Å². The molecule has 0 radical (unpaired) electrons. The largest absolute Gasteiger partial charge is 0.350 e. The number of nitrogens with two attached hydrogens (primary N) is 1. The summed E-state index contributed by atoms with van der Waals surface area (Å²) in [6, 6.07) is -0.681. The summed E-state index contributed by atoms with van der Waals surface area (Å²) in [7, 11) is 0. The van der Waals surface area contributed by atoms with Gasteiger partial charge in [0, 0.05) is 12.8 Å². The van der Waals surface area contributed by atoms with Crippen molar-refractivity contribution in [3.05, 3.63) is 0 Å². The third-order valence-electron chi connectivity index (χ3n) is 0.747. The fourth-order valence-corrected chi connectivity index (χ4v) is 0.426. The lowest BCUT2D eigenvalue weighted by Gasteiger charge is -1.86. The van der Waals surface area contributed by atoms with Crippen molar-refractivity contribution in [3.8, 4) is 0 Å². The molecule has 0 saturated heterocycles. The number of aliphatic imine (C=N–C) groups is 2. The van der Waals surface area contributed by atoms with Crippen LogP contribution in [0.25, 0.3) is 0 Å². The number of amides is 2. The van der Waals surface area contributed by atoms with Crippen LogP contribution in [0, 0.1) is 0 Å². The monoisotopic (exact) mass is 141 g/mol. The molecule has 0 aliphatic heterocycles. The molecule has 0 saturated carbocycles. The van der Waals surface area contributed by atoms with Crippen LogP contribution in [-0.4, -0.2) is 24.5 Å². The third kappa shape index (κ3) is 4.96. The molecule has 0 aliphatic carbocycles. The smallest absolute Gasteiger partial charge is 0.338 e. The summed E-state index contributed by atoms with van der Waals surface area (Å²) >= 11 is 0. The fourth-order valence-electron chi connectivity index (χ4n) is 0.426. The zero-order chi connectivity index (χ0) is 7.98. The molecule has 2 N–H and O–H groups in total. The Bertz CT molecular complexity index is 172. The van der Waals surface area contributed by atoms with Crippen molar-refractivity contribution in [2.24, 2.45) is 15.7 Å². The predicted molar refractivity (Wildman–Crippen MR) is 41.7 cm³/mol. The molecular weight excluding hydrogens is 130 g/mol. The second kappa shape index (κ2) is 4.67. The predicted octanol–water partition coefficient (Wildman–Crippen LogP) is 0.617. The van der Waals surface area contributed by atoms with Crippen LogP contribution in [-0.2, 0) is 0 Å². The van der Waals surface area contributed by atoms with Gasteiger partial charge in [-0.15, -0.1) is 0 Å². The lowest BCUT2D eigenvalue weighted by Crippen LogP contribution is -2.08. The van der Waals surface area contributed by atoms with Gasteiger partial charge in [-0.25, -0.2) is 4.79 Å². The highest BCUT2D eigenvalue weighted by Gasteiger charge is 1.87. The van der Waals surface area contributed by atoms with E-state index in [4.69, 9.17) is 5.73 Å². The number of nitrogens with zero attached hydrogens (tertiary/aromatic N) is 2. The Morgan fingerprint density at radius 3 is 2.70 bits per heavy atom. The quantitative estimate of drug-likeness (QED) is 0.562. The molecule has 0 unspecified atom stereocenters. The van der Waals surface area contributed by atoms with Crippen LogP contribution in [0.5, 0.6) is 0 Å². The first kappa shape index (κ1) is 8.81. The number of hydrogen-bond donors (Lipinski definition) is 1. The van der Waals surface area contributed by atoms with Gasteiger partial charge in [0.25, 0.3) is 0 Å². The maximum atomic E-state index is 10.1. The summed E-state index contributed by atoms with van der Waals surface area (Å²) in [5.41, 5.74) is 5.31. The molecule has 0 aromatic heterocycles. The van der Waals surface area contributed by atoms with Crippen LogP contribution in [0.3, 0.4) is 0 Å².